The molecule has 0 N–H and O–H groups in total. The Morgan fingerprint density at radius 1 is 1.36 bits per heavy atom. The lowest BCUT2D eigenvalue weighted by atomic mass is 9.81. The molecular formula is C13H23N. The Morgan fingerprint density at radius 2 is 2.07 bits per heavy atom. The smallest absolute Gasteiger partial charge is 0.0273 e. The number of hydrogen-bond donors (Lipinski definition) is 0. The lowest BCUT2D eigenvalue weighted by Gasteiger charge is -2.35. The molecule has 0 aromatic rings. The van der Waals surface area contributed by atoms with Crippen LogP contribution in [0.5, 0.6) is 0 Å². The van der Waals surface area contributed by atoms with Crippen LogP contribution in [0.25, 0.3) is 0 Å². The Labute approximate surface area is 88.2 Å². The van der Waals surface area contributed by atoms with E-state index < -0.39 is 0 Å². The number of allylic oxidation sites excluding steroid dienone is 1. The lowest BCUT2D eigenvalue weighted by molar-refractivity contribution is 0.136. The molecule has 1 heteroatoms. The molecular weight excluding hydrogens is 170 g/mol. The minimum atomic E-state index is 0.534. The van der Waals surface area contributed by atoms with E-state index >= 15 is 0 Å². The highest BCUT2D eigenvalue weighted by Crippen LogP contribution is 2.46. The average Bonchev–Trinajstić information content (AvgIpc) is 2.57. The van der Waals surface area contributed by atoms with Gasteiger partial charge in [0.2, 0.25) is 0 Å². The fraction of sp³-hybridized carbons (Fsp3) is 0.846. The second-order valence-corrected chi connectivity index (χ2v) is 5.56. The molecule has 0 aromatic carbocycles. The van der Waals surface area contributed by atoms with Crippen LogP contribution in [0.1, 0.15) is 47.0 Å². The van der Waals surface area contributed by atoms with Gasteiger partial charge in [0.05, 0.1) is 0 Å². The molecule has 0 amide bonds. The maximum atomic E-state index is 2.74. The molecule has 0 aliphatic carbocycles. The zero-order valence-electron chi connectivity index (χ0n) is 10.1. The van der Waals surface area contributed by atoms with Crippen LogP contribution in [-0.4, -0.2) is 23.5 Å². The van der Waals surface area contributed by atoms with E-state index in [1.165, 1.54) is 32.4 Å². The summed E-state index contributed by atoms with van der Waals surface area (Å²) >= 11 is 0. The fourth-order valence-electron chi connectivity index (χ4n) is 3.24. The van der Waals surface area contributed by atoms with Crippen molar-refractivity contribution in [3.63, 3.8) is 0 Å². The van der Waals surface area contributed by atoms with Crippen LogP contribution in [0.4, 0.5) is 0 Å². The van der Waals surface area contributed by atoms with E-state index in [0.717, 1.165) is 5.92 Å². The summed E-state index contributed by atoms with van der Waals surface area (Å²) in [5, 5.41) is 0. The molecule has 0 aromatic heterocycles. The summed E-state index contributed by atoms with van der Waals surface area (Å²) in [5.74, 6) is 0.807. The molecule has 0 spiro atoms. The van der Waals surface area contributed by atoms with Crippen molar-refractivity contribution in [2.24, 2.45) is 5.92 Å². The monoisotopic (exact) mass is 193 g/mol. The topological polar surface area (TPSA) is 3.24 Å². The van der Waals surface area contributed by atoms with Gasteiger partial charge in [0.1, 0.15) is 0 Å². The maximum Gasteiger partial charge on any atom is 0.0273 e. The summed E-state index contributed by atoms with van der Waals surface area (Å²) in [6, 6.07) is 0. The van der Waals surface area contributed by atoms with Crippen molar-refractivity contribution in [3.05, 3.63) is 11.1 Å². The number of hydrogen-bond acceptors (Lipinski definition) is 1. The molecule has 2 saturated heterocycles. The van der Waals surface area contributed by atoms with E-state index in [1.54, 1.807) is 11.1 Å². The first-order valence-corrected chi connectivity index (χ1v) is 5.96. The normalized spacial score (nSPS) is 32.8. The van der Waals surface area contributed by atoms with Crippen molar-refractivity contribution in [2.45, 2.75) is 52.5 Å². The van der Waals surface area contributed by atoms with Gasteiger partial charge in [-0.2, -0.15) is 0 Å². The zero-order valence-corrected chi connectivity index (χ0v) is 10.1. The van der Waals surface area contributed by atoms with Gasteiger partial charge in [-0.3, -0.25) is 4.90 Å². The summed E-state index contributed by atoms with van der Waals surface area (Å²) in [5.41, 5.74) is 3.80. The molecule has 0 radical (unpaired) electrons. The molecule has 2 heterocycles. The molecule has 2 aliphatic heterocycles. The van der Waals surface area contributed by atoms with Gasteiger partial charge in [-0.15, -0.1) is 0 Å². The lowest BCUT2D eigenvalue weighted by Crippen LogP contribution is -2.42. The van der Waals surface area contributed by atoms with Crippen molar-refractivity contribution in [3.8, 4) is 0 Å². The summed E-state index contributed by atoms with van der Waals surface area (Å²) < 4.78 is 0. The number of fused-ring (bicyclic) bond motifs is 1. The van der Waals surface area contributed by atoms with Crippen LogP contribution in [0.15, 0.2) is 11.1 Å². The third kappa shape index (κ3) is 1.33. The van der Waals surface area contributed by atoms with E-state index in [4.69, 9.17) is 0 Å². The number of rotatable bonds is 1. The Morgan fingerprint density at radius 3 is 2.57 bits per heavy atom. The van der Waals surface area contributed by atoms with E-state index in [9.17, 15) is 0 Å². The largest absolute Gasteiger partial charge is 0.293 e. The Bertz CT molecular complexity index is 260. The average molecular weight is 193 g/mol. The van der Waals surface area contributed by atoms with Gasteiger partial charge >= 0.3 is 0 Å². The first-order chi connectivity index (χ1) is 6.56. The third-order valence-electron chi connectivity index (χ3n) is 4.35. The maximum absolute atomic E-state index is 2.74. The SMILES string of the molecule is CC(C)=C1CN2CCCC2(C(C)C)C1. The van der Waals surface area contributed by atoms with Crippen LogP contribution in [0, 0.1) is 5.92 Å². The minimum absolute atomic E-state index is 0.534. The molecule has 0 saturated carbocycles. The molecule has 14 heavy (non-hydrogen) atoms. The van der Waals surface area contributed by atoms with E-state index in [1.807, 2.05) is 0 Å². The molecule has 1 nitrogen and oxygen atoms in total. The van der Waals surface area contributed by atoms with Crippen LogP contribution < -0.4 is 0 Å². The van der Waals surface area contributed by atoms with E-state index in [0.29, 0.717) is 5.54 Å². The molecule has 0 bridgehead atoms. The van der Waals surface area contributed by atoms with Crippen LogP contribution in [0.2, 0.25) is 0 Å². The van der Waals surface area contributed by atoms with Gasteiger partial charge in [-0.05, 0) is 45.6 Å². The van der Waals surface area contributed by atoms with Crippen LogP contribution >= 0.6 is 0 Å². The summed E-state index contributed by atoms with van der Waals surface area (Å²) in [6.45, 7) is 11.9. The third-order valence-corrected chi connectivity index (χ3v) is 4.35. The van der Waals surface area contributed by atoms with E-state index in [2.05, 4.69) is 32.6 Å². The minimum Gasteiger partial charge on any atom is -0.293 e. The van der Waals surface area contributed by atoms with Gasteiger partial charge in [0, 0.05) is 12.1 Å². The highest BCUT2D eigenvalue weighted by molar-refractivity contribution is 5.24. The molecule has 80 valence electrons. The molecule has 2 aliphatic rings. The van der Waals surface area contributed by atoms with Gasteiger partial charge < -0.3 is 0 Å². The van der Waals surface area contributed by atoms with E-state index in [-0.39, 0.29) is 0 Å². The zero-order chi connectivity index (χ0) is 10.3. The summed E-state index contributed by atoms with van der Waals surface area (Å²) in [6.07, 6.45) is 4.17. The van der Waals surface area contributed by atoms with Gasteiger partial charge in [0.25, 0.3) is 0 Å². The van der Waals surface area contributed by atoms with Gasteiger partial charge in [0.15, 0.2) is 0 Å². The van der Waals surface area contributed by atoms with Crippen molar-refractivity contribution in [2.75, 3.05) is 13.1 Å². The second kappa shape index (κ2) is 3.37. The predicted molar refractivity (Wildman–Crippen MR) is 61.4 cm³/mol. The van der Waals surface area contributed by atoms with Crippen molar-refractivity contribution < 1.29 is 0 Å². The highest BCUT2D eigenvalue weighted by Gasteiger charge is 2.48. The summed E-state index contributed by atoms with van der Waals surface area (Å²) in [7, 11) is 0. The number of nitrogens with zero attached hydrogens (tertiary/aromatic N) is 1. The molecule has 1 atom stereocenters. The predicted octanol–water partition coefficient (Wildman–Crippen LogP) is 3.22. The van der Waals surface area contributed by atoms with Crippen LogP contribution in [0.3, 0.4) is 0 Å². The summed E-state index contributed by atoms with van der Waals surface area (Å²) in [4.78, 5) is 2.74. The fourth-order valence-corrected chi connectivity index (χ4v) is 3.24. The second-order valence-electron chi connectivity index (χ2n) is 5.56. The highest BCUT2D eigenvalue weighted by atomic mass is 15.2. The molecule has 1 unspecified atom stereocenters. The standard InChI is InChI=1S/C13H23N/c1-10(2)12-8-13(11(3)4)6-5-7-14(13)9-12/h11H,5-9H2,1-4H3. The Balaban J connectivity index is 2.28. The van der Waals surface area contributed by atoms with Crippen LogP contribution in [-0.2, 0) is 0 Å². The van der Waals surface area contributed by atoms with Crippen molar-refractivity contribution >= 4 is 0 Å². The Hall–Kier alpha value is -0.300. The molecule has 2 rings (SSSR count). The van der Waals surface area contributed by atoms with Crippen molar-refractivity contribution in [1.29, 1.82) is 0 Å². The molecule has 2 fully saturated rings. The van der Waals surface area contributed by atoms with Crippen molar-refractivity contribution in [1.82, 2.24) is 4.90 Å². The quantitative estimate of drug-likeness (QED) is 0.578. The van der Waals surface area contributed by atoms with Gasteiger partial charge in [-0.1, -0.05) is 25.0 Å². The first kappa shape index (κ1) is 10.2. The Kier molecular flexibility index (Phi) is 2.46. The van der Waals surface area contributed by atoms with Gasteiger partial charge in [-0.25, -0.2) is 0 Å². The first-order valence-electron chi connectivity index (χ1n) is 5.96.